The van der Waals surface area contributed by atoms with Gasteiger partial charge in [-0.25, -0.2) is 9.78 Å². The SMILES string of the molecule is CCOC(=O)c1cnc2c(C)cccc2c1N(C)Cc1nccn1C. The Morgan fingerprint density at radius 3 is 2.80 bits per heavy atom. The van der Waals surface area contributed by atoms with Crippen LogP contribution in [0.4, 0.5) is 5.69 Å². The van der Waals surface area contributed by atoms with E-state index in [1.54, 1.807) is 19.3 Å². The molecule has 0 aliphatic rings. The lowest BCUT2D eigenvalue weighted by molar-refractivity contribution is 0.0527. The Hall–Kier alpha value is -2.89. The number of carbonyl (C=O) groups is 1. The van der Waals surface area contributed by atoms with Crippen LogP contribution in [0, 0.1) is 6.92 Å². The van der Waals surface area contributed by atoms with E-state index in [1.807, 2.05) is 54.9 Å². The lowest BCUT2D eigenvalue weighted by Gasteiger charge is -2.23. The van der Waals surface area contributed by atoms with E-state index in [2.05, 4.69) is 9.97 Å². The number of imidazole rings is 1. The Balaban J connectivity index is 2.14. The number of esters is 1. The fraction of sp³-hybridized carbons (Fsp3) is 0.316. The molecule has 130 valence electrons. The number of benzene rings is 1. The molecule has 0 fully saturated rings. The topological polar surface area (TPSA) is 60.2 Å². The molecule has 0 atom stereocenters. The molecule has 0 aliphatic heterocycles. The van der Waals surface area contributed by atoms with Crippen molar-refractivity contribution < 1.29 is 9.53 Å². The predicted molar refractivity (Wildman–Crippen MR) is 97.8 cm³/mol. The van der Waals surface area contributed by atoms with E-state index < -0.39 is 0 Å². The molecule has 2 aromatic heterocycles. The quantitative estimate of drug-likeness (QED) is 0.669. The third kappa shape index (κ3) is 3.20. The van der Waals surface area contributed by atoms with Crippen LogP contribution in [0.2, 0.25) is 0 Å². The van der Waals surface area contributed by atoms with Gasteiger partial charge in [0.15, 0.2) is 0 Å². The molecule has 0 aliphatic carbocycles. The summed E-state index contributed by atoms with van der Waals surface area (Å²) in [4.78, 5) is 23.4. The molecule has 1 aromatic carbocycles. The average Bonchev–Trinajstić information content (AvgIpc) is 2.99. The molecule has 0 amide bonds. The van der Waals surface area contributed by atoms with Gasteiger partial charge in [0, 0.05) is 38.1 Å². The number of ether oxygens (including phenoxy) is 1. The number of fused-ring (bicyclic) bond motifs is 1. The Kier molecular flexibility index (Phi) is 4.70. The van der Waals surface area contributed by atoms with Crippen LogP contribution in [-0.4, -0.2) is 34.2 Å². The molecule has 0 unspecified atom stereocenters. The fourth-order valence-corrected chi connectivity index (χ4v) is 2.97. The lowest BCUT2D eigenvalue weighted by atomic mass is 10.1. The number of pyridine rings is 1. The number of carbonyl (C=O) groups excluding carboxylic acids is 1. The Bertz CT molecular complexity index is 917. The second-order valence-corrected chi connectivity index (χ2v) is 6.02. The molecule has 0 saturated carbocycles. The molecule has 3 aromatic rings. The normalized spacial score (nSPS) is 10.9. The maximum atomic E-state index is 12.5. The Morgan fingerprint density at radius 2 is 2.12 bits per heavy atom. The van der Waals surface area contributed by atoms with Crippen molar-refractivity contribution in [3.63, 3.8) is 0 Å². The Labute approximate surface area is 147 Å². The smallest absolute Gasteiger partial charge is 0.341 e. The summed E-state index contributed by atoms with van der Waals surface area (Å²) in [6.07, 6.45) is 5.28. The van der Waals surface area contributed by atoms with E-state index in [9.17, 15) is 4.79 Å². The van der Waals surface area contributed by atoms with Gasteiger partial charge in [0.1, 0.15) is 11.4 Å². The first kappa shape index (κ1) is 17.0. The molecule has 0 spiro atoms. The van der Waals surface area contributed by atoms with Crippen LogP contribution in [0.15, 0.2) is 36.8 Å². The van der Waals surface area contributed by atoms with Crippen LogP contribution >= 0.6 is 0 Å². The van der Waals surface area contributed by atoms with Crippen molar-refractivity contribution in [1.82, 2.24) is 14.5 Å². The van der Waals surface area contributed by atoms with Gasteiger partial charge in [0.25, 0.3) is 0 Å². The van der Waals surface area contributed by atoms with Gasteiger partial charge in [-0.1, -0.05) is 18.2 Å². The minimum absolute atomic E-state index is 0.327. The van der Waals surface area contributed by atoms with Gasteiger partial charge in [-0.15, -0.1) is 0 Å². The number of hydrogen-bond acceptors (Lipinski definition) is 5. The molecule has 2 heterocycles. The molecule has 25 heavy (non-hydrogen) atoms. The zero-order valence-corrected chi connectivity index (χ0v) is 15.0. The summed E-state index contributed by atoms with van der Waals surface area (Å²) in [6, 6.07) is 5.98. The Morgan fingerprint density at radius 1 is 1.32 bits per heavy atom. The van der Waals surface area contributed by atoms with Crippen molar-refractivity contribution in [2.24, 2.45) is 7.05 Å². The summed E-state index contributed by atoms with van der Waals surface area (Å²) in [7, 11) is 3.91. The lowest BCUT2D eigenvalue weighted by Crippen LogP contribution is -2.22. The van der Waals surface area contributed by atoms with Crippen molar-refractivity contribution in [3.8, 4) is 0 Å². The molecule has 6 heteroatoms. The summed E-state index contributed by atoms with van der Waals surface area (Å²) < 4.78 is 7.20. The number of aromatic nitrogens is 3. The molecule has 0 saturated heterocycles. The van der Waals surface area contributed by atoms with Gasteiger partial charge in [0.05, 0.1) is 24.4 Å². The number of nitrogens with zero attached hydrogens (tertiary/aromatic N) is 4. The van der Waals surface area contributed by atoms with E-state index in [4.69, 9.17) is 4.74 Å². The fourth-order valence-electron chi connectivity index (χ4n) is 2.97. The van der Waals surface area contributed by atoms with E-state index >= 15 is 0 Å². The van der Waals surface area contributed by atoms with E-state index in [1.165, 1.54) is 0 Å². The summed E-state index contributed by atoms with van der Waals surface area (Å²) in [6.45, 7) is 4.71. The van der Waals surface area contributed by atoms with Crippen molar-refractivity contribution >= 4 is 22.6 Å². The van der Waals surface area contributed by atoms with Crippen molar-refractivity contribution in [2.45, 2.75) is 20.4 Å². The molecule has 6 nitrogen and oxygen atoms in total. The highest BCUT2D eigenvalue weighted by atomic mass is 16.5. The average molecular weight is 338 g/mol. The third-order valence-electron chi connectivity index (χ3n) is 4.25. The summed E-state index contributed by atoms with van der Waals surface area (Å²) in [5.41, 5.74) is 3.24. The first-order valence-electron chi connectivity index (χ1n) is 8.25. The summed E-state index contributed by atoms with van der Waals surface area (Å²) >= 11 is 0. The van der Waals surface area contributed by atoms with Crippen LogP contribution in [0.25, 0.3) is 10.9 Å². The summed E-state index contributed by atoms with van der Waals surface area (Å²) in [5, 5.41) is 0.933. The van der Waals surface area contributed by atoms with Gasteiger partial charge < -0.3 is 14.2 Å². The maximum absolute atomic E-state index is 12.5. The number of anilines is 1. The second kappa shape index (κ2) is 6.93. The van der Waals surface area contributed by atoms with Gasteiger partial charge in [0.2, 0.25) is 0 Å². The van der Waals surface area contributed by atoms with Crippen LogP contribution in [0.5, 0.6) is 0 Å². The molecule has 0 bridgehead atoms. The van der Waals surface area contributed by atoms with E-state index in [-0.39, 0.29) is 5.97 Å². The van der Waals surface area contributed by atoms with Crippen molar-refractivity contribution in [3.05, 3.63) is 53.7 Å². The number of hydrogen-bond donors (Lipinski definition) is 0. The van der Waals surface area contributed by atoms with Crippen molar-refractivity contribution in [1.29, 1.82) is 0 Å². The molecule has 3 rings (SSSR count). The molecular formula is C19H22N4O2. The zero-order chi connectivity index (χ0) is 18.0. The van der Waals surface area contributed by atoms with Crippen LogP contribution in [0.3, 0.4) is 0 Å². The maximum Gasteiger partial charge on any atom is 0.341 e. The summed E-state index contributed by atoms with van der Waals surface area (Å²) in [5.74, 6) is 0.551. The zero-order valence-electron chi connectivity index (χ0n) is 15.0. The highest BCUT2D eigenvalue weighted by Gasteiger charge is 2.21. The monoisotopic (exact) mass is 338 g/mol. The van der Waals surface area contributed by atoms with E-state index in [0.717, 1.165) is 28.0 Å². The van der Waals surface area contributed by atoms with Crippen molar-refractivity contribution in [2.75, 3.05) is 18.6 Å². The van der Waals surface area contributed by atoms with Gasteiger partial charge in [-0.05, 0) is 19.4 Å². The highest BCUT2D eigenvalue weighted by Crippen LogP contribution is 2.31. The minimum atomic E-state index is -0.361. The van der Waals surface area contributed by atoms with Gasteiger partial charge in [-0.3, -0.25) is 4.98 Å². The number of aryl methyl sites for hydroxylation is 2. The first-order chi connectivity index (χ1) is 12.0. The largest absolute Gasteiger partial charge is 0.462 e. The number of para-hydroxylation sites is 1. The van der Waals surface area contributed by atoms with Gasteiger partial charge in [-0.2, -0.15) is 0 Å². The second-order valence-electron chi connectivity index (χ2n) is 6.02. The number of rotatable bonds is 5. The highest BCUT2D eigenvalue weighted by molar-refractivity contribution is 6.05. The first-order valence-corrected chi connectivity index (χ1v) is 8.25. The molecular weight excluding hydrogens is 316 g/mol. The molecule has 0 radical (unpaired) electrons. The van der Waals surface area contributed by atoms with Crippen LogP contribution in [0.1, 0.15) is 28.7 Å². The third-order valence-corrected chi connectivity index (χ3v) is 4.25. The molecule has 0 N–H and O–H groups in total. The minimum Gasteiger partial charge on any atom is -0.462 e. The standard InChI is InChI=1S/C19H22N4O2/c1-5-25-19(24)15-11-21-17-13(2)7-6-8-14(17)18(15)23(4)12-16-20-9-10-22(16)3/h6-11H,5,12H2,1-4H3. The van der Waals surface area contributed by atoms with Crippen LogP contribution in [-0.2, 0) is 18.3 Å². The van der Waals surface area contributed by atoms with E-state index in [0.29, 0.717) is 18.7 Å². The van der Waals surface area contributed by atoms with Gasteiger partial charge >= 0.3 is 5.97 Å². The predicted octanol–water partition coefficient (Wildman–Crippen LogP) is 3.09. The van der Waals surface area contributed by atoms with Crippen LogP contribution < -0.4 is 4.90 Å².